The molecule has 4 aromatic rings. The maximum absolute atomic E-state index is 12.2. The molecule has 29 heavy (non-hydrogen) atoms. The Bertz CT molecular complexity index is 1200. The fourth-order valence-electron chi connectivity index (χ4n) is 2.61. The van der Waals surface area contributed by atoms with E-state index in [1.165, 1.54) is 0 Å². The van der Waals surface area contributed by atoms with E-state index in [9.17, 15) is 10.1 Å². The molecule has 0 aliphatic heterocycles. The van der Waals surface area contributed by atoms with Gasteiger partial charge < -0.3 is 4.42 Å². The van der Waals surface area contributed by atoms with Crippen LogP contribution in [-0.4, -0.2) is 16.1 Å². The van der Waals surface area contributed by atoms with Crippen LogP contribution in [0.25, 0.3) is 23.0 Å². The van der Waals surface area contributed by atoms with E-state index < -0.39 is 0 Å². The highest BCUT2D eigenvalue weighted by molar-refractivity contribution is 7.16. The van der Waals surface area contributed by atoms with Crippen molar-refractivity contribution in [2.75, 3.05) is 5.32 Å². The molecule has 4 rings (SSSR count). The van der Waals surface area contributed by atoms with Gasteiger partial charge in [0.1, 0.15) is 17.6 Å². The Kier molecular flexibility index (Phi) is 5.27. The third-order valence-electron chi connectivity index (χ3n) is 4.00. The zero-order chi connectivity index (χ0) is 20.1. The number of aromatic nitrogens is 2. The van der Waals surface area contributed by atoms with Crippen LogP contribution in [0.5, 0.6) is 0 Å². The third kappa shape index (κ3) is 4.29. The van der Waals surface area contributed by atoms with Crippen LogP contribution in [-0.2, 0) is 0 Å². The van der Waals surface area contributed by atoms with Crippen LogP contribution in [0.2, 0.25) is 0 Å². The molecule has 1 amide bonds. The van der Waals surface area contributed by atoms with Crippen molar-refractivity contribution in [2.24, 2.45) is 0 Å². The Hall–Kier alpha value is -4.02. The third-order valence-corrected chi connectivity index (χ3v) is 4.88. The summed E-state index contributed by atoms with van der Waals surface area (Å²) in [6.45, 7) is 0. The van der Waals surface area contributed by atoms with Gasteiger partial charge in [-0.2, -0.15) is 5.26 Å². The second-order valence-electron chi connectivity index (χ2n) is 5.97. The minimum Gasteiger partial charge on any atom is -0.457 e. The molecule has 0 bridgehead atoms. The molecule has 0 aliphatic carbocycles. The lowest BCUT2D eigenvalue weighted by atomic mass is 10.2. The van der Waals surface area contributed by atoms with E-state index in [0.29, 0.717) is 32.8 Å². The van der Waals surface area contributed by atoms with E-state index in [1.807, 2.05) is 42.5 Å². The predicted octanol–water partition coefficient (Wildman–Crippen LogP) is 5.11. The monoisotopic (exact) mass is 398 g/mol. The second kappa shape index (κ2) is 8.33. The van der Waals surface area contributed by atoms with Gasteiger partial charge in [0.05, 0.1) is 5.57 Å². The number of hydrogen-bond donors (Lipinski definition) is 1. The minimum absolute atomic E-state index is 0.283. The molecule has 6 nitrogen and oxygen atoms in total. The van der Waals surface area contributed by atoms with Crippen molar-refractivity contribution in [3.8, 4) is 17.4 Å². The molecule has 2 aromatic carbocycles. The number of nitriles is 1. The van der Waals surface area contributed by atoms with Crippen LogP contribution in [0.4, 0.5) is 5.13 Å². The molecule has 7 heteroatoms. The molecule has 2 heterocycles. The van der Waals surface area contributed by atoms with Crippen LogP contribution in [0, 0.1) is 11.3 Å². The van der Waals surface area contributed by atoms with E-state index >= 15 is 0 Å². The number of carbonyl (C=O) groups excluding carboxylic acids is 1. The Morgan fingerprint density at radius 2 is 1.72 bits per heavy atom. The van der Waals surface area contributed by atoms with Crippen molar-refractivity contribution >= 4 is 34.0 Å². The molecule has 0 saturated heterocycles. The number of nitrogens with one attached hydrogen (secondary N) is 1. The summed E-state index contributed by atoms with van der Waals surface area (Å²) in [5.41, 5.74) is 1.77. The predicted molar refractivity (Wildman–Crippen MR) is 112 cm³/mol. The van der Waals surface area contributed by atoms with Crippen molar-refractivity contribution < 1.29 is 9.21 Å². The molecule has 0 aliphatic rings. The summed E-state index contributed by atoms with van der Waals surface area (Å²) in [5, 5.41) is 20.9. The van der Waals surface area contributed by atoms with Gasteiger partial charge in [-0.3, -0.25) is 10.1 Å². The Morgan fingerprint density at radius 1 is 1.00 bits per heavy atom. The first-order valence-electron chi connectivity index (χ1n) is 8.70. The van der Waals surface area contributed by atoms with Crippen molar-refractivity contribution in [3.05, 3.63) is 89.1 Å². The molecular weight excluding hydrogens is 384 g/mol. The lowest BCUT2D eigenvalue weighted by molar-refractivity contribution is 0.102. The average Bonchev–Trinajstić information content (AvgIpc) is 3.43. The van der Waals surface area contributed by atoms with Gasteiger partial charge in [-0.25, -0.2) is 0 Å². The van der Waals surface area contributed by atoms with Crippen LogP contribution in [0.3, 0.4) is 0 Å². The molecule has 1 N–H and O–H groups in total. The van der Waals surface area contributed by atoms with Crippen LogP contribution in [0.15, 0.2) is 77.2 Å². The van der Waals surface area contributed by atoms with Gasteiger partial charge >= 0.3 is 0 Å². The highest BCUT2D eigenvalue weighted by Gasteiger charge is 2.13. The molecule has 140 valence electrons. The number of allylic oxidation sites excluding steroid dienone is 1. The highest BCUT2D eigenvalue weighted by Crippen LogP contribution is 2.27. The van der Waals surface area contributed by atoms with E-state index in [0.717, 1.165) is 16.9 Å². The van der Waals surface area contributed by atoms with E-state index in [4.69, 9.17) is 4.42 Å². The number of hydrogen-bond acceptors (Lipinski definition) is 6. The molecule has 0 radical (unpaired) electrons. The summed E-state index contributed by atoms with van der Waals surface area (Å²) < 4.78 is 5.81. The topological polar surface area (TPSA) is 91.8 Å². The maximum atomic E-state index is 12.2. The Morgan fingerprint density at radius 3 is 2.45 bits per heavy atom. The van der Waals surface area contributed by atoms with Crippen molar-refractivity contribution in [2.45, 2.75) is 0 Å². The standard InChI is InChI=1S/C22H14N4O2S/c23-14-17(13-18-11-12-19(28-18)15-7-3-1-4-8-15)21-25-26-22(29-21)24-20(27)16-9-5-2-6-10-16/h1-13H,(H,24,26,27). The van der Waals surface area contributed by atoms with Crippen LogP contribution in [0.1, 0.15) is 21.1 Å². The number of benzene rings is 2. The minimum atomic E-state index is -0.283. The van der Waals surface area contributed by atoms with Gasteiger partial charge in [0.25, 0.3) is 5.91 Å². The zero-order valence-corrected chi connectivity index (χ0v) is 15.9. The summed E-state index contributed by atoms with van der Waals surface area (Å²) in [4.78, 5) is 12.2. The average molecular weight is 398 g/mol. The van der Waals surface area contributed by atoms with Gasteiger partial charge in [0, 0.05) is 17.2 Å². The van der Waals surface area contributed by atoms with Gasteiger partial charge in [-0.1, -0.05) is 59.9 Å². The van der Waals surface area contributed by atoms with Crippen molar-refractivity contribution in [1.29, 1.82) is 5.26 Å². The molecule has 0 fully saturated rings. The fourth-order valence-corrected chi connectivity index (χ4v) is 3.32. The highest BCUT2D eigenvalue weighted by atomic mass is 32.1. The van der Waals surface area contributed by atoms with Gasteiger partial charge in [-0.15, -0.1) is 10.2 Å². The number of amides is 1. The molecule has 0 atom stereocenters. The normalized spacial score (nSPS) is 11.1. The Labute approximate surface area is 170 Å². The summed E-state index contributed by atoms with van der Waals surface area (Å²) in [5.74, 6) is 0.960. The lowest BCUT2D eigenvalue weighted by Gasteiger charge is -1.99. The lowest BCUT2D eigenvalue weighted by Crippen LogP contribution is -2.11. The van der Waals surface area contributed by atoms with Gasteiger partial charge in [0.2, 0.25) is 5.13 Å². The number of furan rings is 1. The van der Waals surface area contributed by atoms with E-state index in [2.05, 4.69) is 21.6 Å². The first kappa shape index (κ1) is 18.3. The number of anilines is 1. The summed E-state index contributed by atoms with van der Waals surface area (Å²) in [6, 6.07) is 24.3. The number of nitrogens with zero attached hydrogens (tertiary/aromatic N) is 3. The fraction of sp³-hybridized carbons (Fsp3) is 0. The quantitative estimate of drug-likeness (QED) is 0.471. The van der Waals surface area contributed by atoms with Crippen LogP contribution < -0.4 is 5.32 Å². The molecular formula is C22H14N4O2S. The smallest absolute Gasteiger partial charge is 0.257 e. The summed E-state index contributed by atoms with van der Waals surface area (Å²) in [7, 11) is 0. The van der Waals surface area contributed by atoms with Gasteiger partial charge in [0.15, 0.2) is 5.01 Å². The van der Waals surface area contributed by atoms with Crippen LogP contribution >= 0.6 is 11.3 Å². The summed E-state index contributed by atoms with van der Waals surface area (Å²) in [6.07, 6.45) is 1.61. The second-order valence-corrected chi connectivity index (χ2v) is 6.95. The SMILES string of the molecule is N#CC(=Cc1ccc(-c2ccccc2)o1)c1nnc(NC(=O)c2ccccc2)s1. The molecule has 0 saturated carbocycles. The van der Waals surface area contributed by atoms with E-state index in [1.54, 1.807) is 36.4 Å². The van der Waals surface area contributed by atoms with Crippen molar-refractivity contribution in [3.63, 3.8) is 0 Å². The Balaban J connectivity index is 1.52. The van der Waals surface area contributed by atoms with Crippen molar-refractivity contribution in [1.82, 2.24) is 10.2 Å². The first-order chi connectivity index (χ1) is 14.2. The largest absolute Gasteiger partial charge is 0.457 e. The van der Waals surface area contributed by atoms with E-state index in [-0.39, 0.29) is 5.91 Å². The number of rotatable bonds is 5. The zero-order valence-electron chi connectivity index (χ0n) is 15.1. The summed E-state index contributed by atoms with van der Waals surface area (Å²) >= 11 is 1.12. The van der Waals surface area contributed by atoms with Gasteiger partial charge in [-0.05, 0) is 24.3 Å². The molecule has 2 aromatic heterocycles. The molecule has 0 spiro atoms. The first-order valence-corrected chi connectivity index (χ1v) is 9.52. The maximum Gasteiger partial charge on any atom is 0.257 e. The number of carbonyl (C=O) groups is 1. The molecule has 0 unspecified atom stereocenters.